The summed E-state index contributed by atoms with van der Waals surface area (Å²) in [5.74, 6) is 0. The van der Waals surface area contributed by atoms with Crippen LogP contribution in [0.15, 0.2) is 60.7 Å². The van der Waals surface area contributed by atoms with Crippen LogP contribution in [0.4, 0.5) is 0 Å². The van der Waals surface area contributed by atoms with Crippen LogP contribution in [0.3, 0.4) is 0 Å². The highest BCUT2D eigenvalue weighted by molar-refractivity contribution is 6.26. The summed E-state index contributed by atoms with van der Waals surface area (Å²) < 4.78 is 0. The molecule has 0 radical (unpaired) electrons. The van der Waals surface area contributed by atoms with Crippen molar-refractivity contribution in [3.05, 3.63) is 71.8 Å². The fraction of sp³-hybridized carbons (Fsp3) is 0.133. The lowest BCUT2D eigenvalue weighted by Crippen LogP contribution is -2.20. The molecule has 0 saturated heterocycles. The zero-order valence-electron chi connectivity index (χ0n) is 9.34. The SMILES string of the molecule is O=CCC(Cl)(c1ccccc1)c1ccccc1. The second-order valence-corrected chi connectivity index (χ2v) is 4.55. The van der Waals surface area contributed by atoms with E-state index in [1.54, 1.807) is 0 Å². The van der Waals surface area contributed by atoms with E-state index in [9.17, 15) is 4.79 Å². The Kier molecular flexibility index (Phi) is 3.60. The van der Waals surface area contributed by atoms with Gasteiger partial charge in [-0.15, -0.1) is 11.6 Å². The van der Waals surface area contributed by atoms with Crippen LogP contribution in [0.2, 0.25) is 0 Å². The van der Waals surface area contributed by atoms with E-state index in [2.05, 4.69) is 0 Å². The van der Waals surface area contributed by atoms with Gasteiger partial charge in [0.1, 0.15) is 11.2 Å². The normalized spacial score (nSPS) is 11.1. The lowest BCUT2D eigenvalue weighted by Gasteiger charge is -2.26. The summed E-state index contributed by atoms with van der Waals surface area (Å²) in [6, 6.07) is 19.4. The molecule has 0 fully saturated rings. The number of aldehydes is 1. The Morgan fingerprint density at radius 2 is 1.29 bits per heavy atom. The van der Waals surface area contributed by atoms with Gasteiger partial charge < -0.3 is 4.79 Å². The molecule has 17 heavy (non-hydrogen) atoms. The summed E-state index contributed by atoms with van der Waals surface area (Å²) >= 11 is 6.66. The Morgan fingerprint density at radius 1 is 0.882 bits per heavy atom. The second kappa shape index (κ2) is 5.15. The van der Waals surface area contributed by atoms with Crippen LogP contribution in [0.25, 0.3) is 0 Å². The maximum atomic E-state index is 10.9. The predicted octanol–water partition coefficient (Wildman–Crippen LogP) is 3.76. The van der Waals surface area contributed by atoms with Crippen molar-refractivity contribution in [1.82, 2.24) is 0 Å². The number of hydrogen-bond acceptors (Lipinski definition) is 1. The van der Waals surface area contributed by atoms with E-state index in [-0.39, 0.29) is 6.42 Å². The van der Waals surface area contributed by atoms with Crippen molar-refractivity contribution in [2.75, 3.05) is 0 Å². The molecule has 0 atom stereocenters. The minimum absolute atomic E-state index is 0.266. The third-order valence-electron chi connectivity index (χ3n) is 2.83. The lowest BCUT2D eigenvalue weighted by atomic mass is 9.88. The molecule has 0 N–H and O–H groups in total. The Morgan fingerprint density at radius 3 is 1.65 bits per heavy atom. The van der Waals surface area contributed by atoms with Crippen molar-refractivity contribution < 1.29 is 4.79 Å². The third-order valence-corrected chi connectivity index (χ3v) is 3.42. The number of carbonyl (C=O) groups excluding carboxylic acids is 1. The highest BCUT2D eigenvalue weighted by atomic mass is 35.5. The van der Waals surface area contributed by atoms with E-state index in [4.69, 9.17) is 11.6 Å². The number of hydrogen-bond donors (Lipinski definition) is 0. The molecule has 0 saturated carbocycles. The first-order valence-corrected chi connectivity index (χ1v) is 5.89. The van der Waals surface area contributed by atoms with E-state index in [1.165, 1.54) is 0 Å². The van der Waals surface area contributed by atoms with Crippen LogP contribution in [0.5, 0.6) is 0 Å². The van der Waals surface area contributed by atoms with Crippen LogP contribution < -0.4 is 0 Å². The molecule has 0 aliphatic rings. The predicted molar refractivity (Wildman–Crippen MR) is 70.2 cm³/mol. The molecular formula is C15H13ClO. The summed E-state index contributed by atoms with van der Waals surface area (Å²) in [6.07, 6.45) is 1.13. The van der Waals surface area contributed by atoms with Crippen molar-refractivity contribution in [2.24, 2.45) is 0 Å². The maximum Gasteiger partial charge on any atom is 0.122 e. The molecule has 0 heterocycles. The molecule has 0 aliphatic carbocycles. The van der Waals surface area contributed by atoms with Crippen molar-refractivity contribution in [2.45, 2.75) is 11.3 Å². The quantitative estimate of drug-likeness (QED) is 0.591. The summed E-state index contributed by atoms with van der Waals surface area (Å²) in [5.41, 5.74) is 1.89. The van der Waals surface area contributed by atoms with E-state index < -0.39 is 4.87 Å². The van der Waals surface area contributed by atoms with Crippen molar-refractivity contribution in [3.63, 3.8) is 0 Å². The summed E-state index contributed by atoms with van der Waals surface area (Å²) in [4.78, 5) is 10.1. The zero-order valence-corrected chi connectivity index (χ0v) is 10.1. The molecular weight excluding hydrogens is 232 g/mol. The summed E-state index contributed by atoms with van der Waals surface area (Å²) in [6.45, 7) is 0. The first kappa shape index (κ1) is 11.9. The summed E-state index contributed by atoms with van der Waals surface area (Å²) in [5, 5.41) is 0. The van der Waals surface area contributed by atoms with Crippen molar-refractivity contribution in [1.29, 1.82) is 0 Å². The van der Waals surface area contributed by atoms with E-state index in [1.807, 2.05) is 60.7 Å². The number of carbonyl (C=O) groups is 1. The van der Waals surface area contributed by atoms with E-state index in [0.717, 1.165) is 17.4 Å². The smallest absolute Gasteiger partial charge is 0.122 e. The largest absolute Gasteiger partial charge is 0.303 e. The Balaban J connectivity index is 2.50. The molecule has 0 spiro atoms. The molecule has 86 valence electrons. The van der Waals surface area contributed by atoms with Gasteiger partial charge >= 0.3 is 0 Å². The molecule has 0 bridgehead atoms. The molecule has 2 aromatic rings. The second-order valence-electron chi connectivity index (χ2n) is 3.90. The van der Waals surface area contributed by atoms with Crippen molar-refractivity contribution >= 4 is 17.9 Å². The molecule has 0 aliphatic heterocycles. The Bertz CT molecular complexity index is 439. The highest BCUT2D eigenvalue weighted by Gasteiger charge is 2.30. The monoisotopic (exact) mass is 244 g/mol. The number of alkyl halides is 1. The topological polar surface area (TPSA) is 17.1 Å². The molecule has 2 aromatic carbocycles. The Labute approximate surface area is 106 Å². The van der Waals surface area contributed by atoms with Crippen molar-refractivity contribution in [3.8, 4) is 0 Å². The molecule has 1 nitrogen and oxygen atoms in total. The van der Waals surface area contributed by atoms with Crippen LogP contribution in [0.1, 0.15) is 17.5 Å². The molecule has 0 amide bonds. The standard InChI is InChI=1S/C15H13ClO/c16-15(11-12-17,13-7-3-1-4-8-13)14-9-5-2-6-10-14/h1-10,12H,11H2. The minimum atomic E-state index is -0.760. The van der Waals surface area contributed by atoms with E-state index >= 15 is 0 Å². The van der Waals surface area contributed by atoms with Gasteiger partial charge in [0.15, 0.2) is 0 Å². The van der Waals surface area contributed by atoms with E-state index in [0.29, 0.717) is 0 Å². The van der Waals surface area contributed by atoms with Gasteiger partial charge in [-0.2, -0.15) is 0 Å². The number of halogens is 1. The van der Waals surface area contributed by atoms with Crippen LogP contribution in [-0.4, -0.2) is 6.29 Å². The lowest BCUT2D eigenvalue weighted by molar-refractivity contribution is -0.108. The van der Waals surface area contributed by atoms with Gasteiger partial charge in [0.2, 0.25) is 0 Å². The fourth-order valence-electron chi connectivity index (χ4n) is 1.92. The number of benzene rings is 2. The molecule has 2 heteroatoms. The van der Waals surface area contributed by atoms with Gasteiger partial charge in [0.05, 0.1) is 0 Å². The average molecular weight is 245 g/mol. The maximum absolute atomic E-state index is 10.9. The minimum Gasteiger partial charge on any atom is -0.303 e. The van der Waals surface area contributed by atoms with Crippen LogP contribution in [-0.2, 0) is 9.67 Å². The average Bonchev–Trinajstić information content (AvgIpc) is 2.41. The summed E-state index contributed by atoms with van der Waals surface area (Å²) in [7, 11) is 0. The van der Waals surface area contributed by atoms with Gasteiger partial charge in [-0.25, -0.2) is 0 Å². The zero-order chi connectivity index (χ0) is 12.1. The van der Waals surface area contributed by atoms with Crippen LogP contribution in [0, 0.1) is 0 Å². The van der Waals surface area contributed by atoms with Gasteiger partial charge in [-0.3, -0.25) is 0 Å². The highest BCUT2D eigenvalue weighted by Crippen LogP contribution is 2.38. The van der Waals surface area contributed by atoms with Gasteiger partial charge in [-0.05, 0) is 11.1 Å². The van der Waals surface area contributed by atoms with Gasteiger partial charge in [0, 0.05) is 6.42 Å². The molecule has 2 rings (SSSR count). The first-order valence-electron chi connectivity index (χ1n) is 5.51. The Hall–Kier alpha value is -1.60. The molecule has 0 unspecified atom stereocenters. The molecule has 0 aromatic heterocycles. The van der Waals surface area contributed by atoms with Gasteiger partial charge in [0.25, 0.3) is 0 Å². The fourth-order valence-corrected chi connectivity index (χ4v) is 2.24. The first-order chi connectivity index (χ1) is 8.27. The van der Waals surface area contributed by atoms with Gasteiger partial charge in [-0.1, -0.05) is 60.7 Å². The van der Waals surface area contributed by atoms with Crippen LogP contribution >= 0.6 is 11.6 Å². The third kappa shape index (κ3) is 2.40. The number of rotatable bonds is 4.